The Hall–Kier alpha value is 0.1000. The number of nitrogens with zero attached hydrogens (tertiary/aromatic N) is 1. The van der Waals surface area contributed by atoms with Gasteiger partial charge in [-0.05, 0) is 42.4 Å². The summed E-state index contributed by atoms with van der Waals surface area (Å²) in [6, 6.07) is 2.20. The molecule has 1 atom stereocenters. The maximum absolute atomic E-state index is 6.00. The fourth-order valence-corrected chi connectivity index (χ4v) is 3.57. The van der Waals surface area contributed by atoms with Gasteiger partial charge in [0.05, 0.1) is 0 Å². The lowest BCUT2D eigenvalue weighted by atomic mass is 9.92. The van der Waals surface area contributed by atoms with Gasteiger partial charge in [-0.2, -0.15) is 0 Å². The normalized spacial score (nSPS) is 15.0. The largest absolute Gasteiger partial charge is 0.329 e. The lowest BCUT2D eigenvalue weighted by Gasteiger charge is -2.38. The molecule has 1 aromatic rings. The summed E-state index contributed by atoms with van der Waals surface area (Å²) in [6.07, 6.45) is 5.01. The zero-order valence-corrected chi connectivity index (χ0v) is 14.1. The van der Waals surface area contributed by atoms with Crippen LogP contribution in [0.4, 0.5) is 0 Å². The van der Waals surface area contributed by atoms with E-state index in [0.29, 0.717) is 0 Å². The molecule has 0 spiro atoms. The van der Waals surface area contributed by atoms with Crippen LogP contribution in [0.5, 0.6) is 0 Å². The highest BCUT2D eigenvalue weighted by Gasteiger charge is 2.27. The third-order valence-corrected chi connectivity index (χ3v) is 5.38. The van der Waals surface area contributed by atoms with E-state index in [1.165, 1.54) is 35.0 Å². The van der Waals surface area contributed by atoms with E-state index in [1.54, 1.807) is 11.3 Å². The summed E-state index contributed by atoms with van der Waals surface area (Å²) in [4.78, 5) is 3.79. The van der Waals surface area contributed by atoms with E-state index in [9.17, 15) is 0 Å². The van der Waals surface area contributed by atoms with Crippen molar-refractivity contribution in [2.45, 2.75) is 51.6 Å². The Morgan fingerprint density at radius 1 is 1.44 bits per heavy atom. The van der Waals surface area contributed by atoms with Crippen LogP contribution in [0.15, 0.2) is 15.9 Å². The van der Waals surface area contributed by atoms with Gasteiger partial charge in [0.2, 0.25) is 0 Å². The second-order valence-electron chi connectivity index (χ2n) is 5.25. The lowest BCUT2D eigenvalue weighted by molar-refractivity contribution is 0.124. The molecule has 18 heavy (non-hydrogen) atoms. The predicted octanol–water partition coefficient (Wildman–Crippen LogP) is 4.24. The molecule has 1 heterocycles. The highest BCUT2D eigenvalue weighted by molar-refractivity contribution is 9.10. The summed E-state index contributed by atoms with van der Waals surface area (Å²) < 4.78 is 1.18. The van der Waals surface area contributed by atoms with E-state index in [2.05, 4.69) is 53.2 Å². The van der Waals surface area contributed by atoms with Crippen LogP contribution in [0.25, 0.3) is 0 Å². The zero-order valence-electron chi connectivity index (χ0n) is 11.7. The van der Waals surface area contributed by atoms with Gasteiger partial charge in [-0.15, -0.1) is 11.3 Å². The van der Waals surface area contributed by atoms with E-state index in [4.69, 9.17) is 5.73 Å². The number of hydrogen-bond acceptors (Lipinski definition) is 3. The van der Waals surface area contributed by atoms with Crippen LogP contribution in [-0.4, -0.2) is 24.0 Å². The Labute approximate surface area is 124 Å². The standard InChI is InChI=1S/C14H25BrN2S/c1-4-5-6-7-14(2,11-16)17(3)9-13-8-12(15)10-18-13/h8,10H,4-7,9,11,16H2,1-3H3. The molecule has 104 valence electrons. The van der Waals surface area contributed by atoms with Gasteiger partial charge in [0.25, 0.3) is 0 Å². The molecule has 2 N–H and O–H groups in total. The third-order valence-electron chi connectivity index (χ3n) is 3.69. The van der Waals surface area contributed by atoms with E-state index in [1.807, 2.05) is 0 Å². The molecule has 0 saturated heterocycles. The Kier molecular flexibility index (Phi) is 6.85. The van der Waals surface area contributed by atoms with E-state index in [0.717, 1.165) is 13.1 Å². The van der Waals surface area contributed by atoms with Crippen LogP contribution in [-0.2, 0) is 6.54 Å². The molecule has 0 fully saturated rings. The molecule has 0 saturated carbocycles. The van der Waals surface area contributed by atoms with Gasteiger partial charge < -0.3 is 5.73 Å². The number of rotatable bonds is 8. The van der Waals surface area contributed by atoms with Crippen molar-refractivity contribution in [3.63, 3.8) is 0 Å². The summed E-state index contributed by atoms with van der Waals surface area (Å²) in [6.45, 7) is 6.23. The molecule has 0 aromatic carbocycles. The van der Waals surface area contributed by atoms with Crippen molar-refractivity contribution in [1.82, 2.24) is 4.90 Å². The molecule has 0 amide bonds. The first-order valence-electron chi connectivity index (χ1n) is 6.66. The molecule has 1 unspecified atom stereocenters. The van der Waals surface area contributed by atoms with Crippen LogP contribution < -0.4 is 5.73 Å². The summed E-state index contributed by atoms with van der Waals surface area (Å²) in [5.41, 5.74) is 6.12. The number of halogens is 1. The minimum Gasteiger partial charge on any atom is -0.329 e. The van der Waals surface area contributed by atoms with Crippen molar-refractivity contribution >= 4 is 27.3 Å². The van der Waals surface area contributed by atoms with Gasteiger partial charge in [-0.1, -0.05) is 26.2 Å². The molecule has 1 aromatic heterocycles. The highest BCUT2D eigenvalue weighted by atomic mass is 79.9. The van der Waals surface area contributed by atoms with Crippen LogP contribution in [0.3, 0.4) is 0 Å². The van der Waals surface area contributed by atoms with Gasteiger partial charge in [0.15, 0.2) is 0 Å². The molecule has 1 rings (SSSR count). The first-order chi connectivity index (χ1) is 8.51. The fourth-order valence-electron chi connectivity index (χ4n) is 2.07. The molecule has 0 aliphatic rings. The van der Waals surface area contributed by atoms with Crippen LogP contribution in [0, 0.1) is 0 Å². The maximum Gasteiger partial charge on any atom is 0.0331 e. The number of nitrogens with two attached hydrogens (primary N) is 1. The SMILES string of the molecule is CCCCCC(C)(CN)N(C)Cc1cc(Br)cs1. The third kappa shape index (κ3) is 4.65. The molecular formula is C14H25BrN2S. The Balaban J connectivity index is 2.57. The van der Waals surface area contributed by atoms with Crippen molar-refractivity contribution < 1.29 is 0 Å². The molecule has 0 aliphatic heterocycles. The van der Waals surface area contributed by atoms with Gasteiger partial charge in [-0.25, -0.2) is 0 Å². The number of unbranched alkanes of at least 4 members (excludes halogenated alkanes) is 2. The van der Waals surface area contributed by atoms with Gasteiger partial charge >= 0.3 is 0 Å². The van der Waals surface area contributed by atoms with E-state index in [-0.39, 0.29) is 5.54 Å². The Morgan fingerprint density at radius 3 is 2.67 bits per heavy atom. The quantitative estimate of drug-likeness (QED) is 0.721. The summed E-state index contributed by atoms with van der Waals surface area (Å²) >= 11 is 5.31. The fraction of sp³-hybridized carbons (Fsp3) is 0.714. The van der Waals surface area contributed by atoms with Crippen LogP contribution in [0.2, 0.25) is 0 Å². The average molecular weight is 333 g/mol. The van der Waals surface area contributed by atoms with Crippen molar-refractivity contribution in [3.05, 3.63) is 20.8 Å². The van der Waals surface area contributed by atoms with Gasteiger partial charge in [0.1, 0.15) is 0 Å². The first-order valence-corrected chi connectivity index (χ1v) is 8.33. The zero-order chi connectivity index (χ0) is 13.6. The number of thiophene rings is 1. The smallest absolute Gasteiger partial charge is 0.0331 e. The minimum atomic E-state index is 0.117. The lowest BCUT2D eigenvalue weighted by Crippen LogP contribution is -2.49. The predicted molar refractivity (Wildman–Crippen MR) is 85.1 cm³/mol. The molecule has 0 radical (unpaired) electrons. The molecule has 0 bridgehead atoms. The molecule has 0 aliphatic carbocycles. The monoisotopic (exact) mass is 332 g/mol. The topological polar surface area (TPSA) is 29.3 Å². The van der Waals surface area contributed by atoms with Crippen molar-refractivity contribution in [1.29, 1.82) is 0 Å². The molecule has 4 heteroatoms. The maximum atomic E-state index is 6.00. The van der Waals surface area contributed by atoms with Gasteiger partial charge in [-0.3, -0.25) is 4.90 Å². The van der Waals surface area contributed by atoms with Gasteiger partial charge in [0, 0.05) is 33.4 Å². The van der Waals surface area contributed by atoms with Crippen molar-refractivity contribution in [3.8, 4) is 0 Å². The van der Waals surface area contributed by atoms with Crippen molar-refractivity contribution in [2.24, 2.45) is 5.73 Å². The second kappa shape index (κ2) is 7.63. The first kappa shape index (κ1) is 16.2. The number of hydrogen-bond donors (Lipinski definition) is 1. The molecule has 2 nitrogen and oxygen atoms in total. The Bertz CT molecular complexity index is 353. The summed E-state index contributed by atoms with van der Waals surface area (Å²) in [5, 5.41) is 2.14. The van der Waals surface area contributed by atoms with Crippen LogP contribution in [0.1, 0.15) is 44.4 Å². The number of likely N-dealkylation sites (N-methyl/N-ethyl adjacent to an activating group) is 1. The van der Waals surface area contributed by atoms with Crippen LogP contribution >= 0.6 is 27.3 Å². The van der Waals surface area contributed by atoms with Crippen molar-refractivity contribution in [2.75, 3.05) is 13.6 Å². The Morgan fingerprint density at radius 2 is 2.17 bits per heavy atom. The average Bonchev–Trinajstić information content (AvgIpc) is 2.74. The summed E-state index contributed by atoms with van der Waals surface area (Å²) in [7, 11) is 2.19. The second-order valence-corrected chi connectivity index (χ2v) is 7.16. The van der Waals surface area contributed by atoms with E-state index >= 15 is 0 Å². The minimum absolute atomic E-state index is 0.117. The summed E-state index contributed by atoms with van der Waals surface area (Å²) in [5.74, 6) is 0. The van der Waals surface area contributed by atoms with E-state index < -0.39 is 0 Å². The highest BCUT2D eigenvalue weighted by Crippen LogP contribution is 2.26. The molecular weight excluding hydrogens is 308 g/mol.